The van der Waals surface area contributed by atoms with Gasteiger partial charge in [-0.15, -0.1) is 40.5 Å². The Morgan fingerprint density at radius 3 is 0.467 bits per heavy atom. The monoisotopic (exact) mass is 457 g/mol. The molecule has 6 radical (unpaired) electrons. The summed E-state index contributed by atoms with van der Waals surface area (Å²) in [7, 11) is 0. The van der Waals surface area contributed by atoms with E-state index in [1.165, 1.54) is 0 Å². The first-order chi connectivity index (χ1) is 5.66. The molecule has 0 N–H and O–H groups in total. The summed E-state index contributed by atoms with van der Waals surface area (Å²) in [5.41, 5.74) is 0. The van der Waals surface area contributed by atoms with Gasteiger partial charge in [0.05, 0.1) is 0 Å². The predicted octanol–water partition coefficient (Wildman–Crippen LogP) is -0.371. The van der Waals surface area contributed by atoms with Crippen LogP contribution in [0.5, 0.6) is 0 Å². The molecule has 0 aromatic rings. The Morgan fingerprint density at radius 2 is 0.467 bits per heavy atom. The van der Waals surface area contributed by atoms with Crippen LogP contribution in [-0.2, 0) is 41.9 Å². The molecule has 80 valence electrons. The third-order valence-corrected chi connectivity index (χ3v) is 0. The quantitative estimate of drug-likeness (QED) is 0.272. The van der Waals surface area contributed by atoms with Crippen molar-refractivity contribution in [2.75, 3.05) is 0 Å². The molecule has 0 aromatic heterocycles. The SMILES string of the molecule is [K].[K].[O]N=O.[O]N=O.[O]N=O.[O]N=O.[Pt]. The summed E-state index contributed by atoms with van der Waals surface area (Å²) in [5.74, 6) is 0. The molecule has 15 heavy (non-hydrogen) atoms. The average molecular weight is 457 g/mol. The van der Waals surface area contributed by atoms with E-state index in [-0.39, 0.29) is 124 Å². The molecular weight excluding hydrogens is 457 g/mol. The van der Waals surface area contributed by atoms with Gasteiger partial charge in [-0.2, -0.15) is 0 Å². The van der Waals surface area contributed by atoms with Crippen LogP contribution in [0.1, 0.15) is 0 Å². The van der Waals surface area contributed by atoms with Crippen LogP contribution in [0.4, 0.5) is 0 Å². The second-order valence-electron chi connectivity index (χ2n) is 0.298. The Bertz CT molecular complexity index is 78.6. The summed E-state index contributed by atoms with van der Waals surface area (Å²) >= 11 is 0. The van der Waals surface area contributed by atoms with Crippen molar-refractivity contribution in [1.29, 1.82) is 0 Å². The molecule has 0 rings (SSSR count). The van der Waals surface area contributed by atoms with Crippen molar-refractivity contribution in [2.24, 2.45) is 21.4 Å². The van der Waals surface area contributed by atoms with Crippen molar-refractivity contribution < 1.29 is 41.9 Å². The first kappa shape index (κ1) is 43.9. The largest absolute Gasteiger partial charge is 0.204 e. The van der Waals surface area contributed by atoms with Gasteiger partial charge < -0.3 is 0 Å². The van der Waals surface area contributed by atoms with Gasteiger partial charge >= 0.3 is 0 Å². The molecule has 0 saturated heterocycles. The predicted molar refractivity (Wildman–Crippen MR) is 37.4 cm³/mol. The van der Waals surface area contributed by atoms with Gasteiger partial charge in [-0.1, -0.05) is 0 Å². The third-order valence-electron chi connectivity index (χ3n) is 0. The maximum atomic E-state index is 8.00. The number of hydrogen-bond acceptors (Lipinski definition) is 8. The molecule has 0 heterocycles. The molecule has 0 aliphatic heterocycles. The van der Waals surface area contributed by atoms with Crippen molar-refractivity contribution in [3.05, 3.63) is 19.6 Å². The summed E-state index contributed by atoms with van der Waals surface area (Å²) in [4.78, 5) is 32.0. The minimum absolute atomic E-state index is 0. The molecule has 0 saturated carbocycles. The molecule has 0 aromatic carbocycles. The van der Waals surface area contributed by atoms with E-state index >= 15 is 0 Å². The van der Waals surface area contributed by atoms with E-state index in [0.29, 0.717) is 0 Å². The Hall–Kier alpha value is 1.56. The van der Waals surface area contributed by atoms with Crippen LogP contribution in [0.3, 0.4) is 0 Å². The summed E-state index contributed by atoms with van der Waals surface area (Å²) < 4.78 is 0. The Labute approximate surface area is 181 Å². The van der Waals surface area contributed by atoms with Crippen molar-refractivity contribution >= 4 is 103 Å². The van der Waals surface area contributed by atoms with Crippen LogP contribution in [0, 0.1) is 19.6 Å². The summed E-state index contributed by atoms with van der Waals surface area (Å²) in [6, 6.07) is 0. The fraction of sp³-hybridized carbons (Fsp3) is 0. The minimum atomic E-state index is 0. The molecule has 0 atom stereocenters. The molecule has 12 nitrogen and oxygen atoms in total. The van der Waals surface area contributed by atoms with Gasteiger partial charge in [-0.25, -0.2) is 0 Å². The van der Waals surface area contributed by atoms with Crippen LogP contribution in [0.25, 0.3) is 0 Å². The van der Waals surface area contributed by atoms with Crippen molar-refractivity contribution in [1.82, 2.24) is 0 Å². The molecule has 0 unspecified atom stereocenters. The average Bonchev–Trinajstić information content (AvgIpc) is 1.92. The van der Waals surface area contributed by atoms with Crippen LogP contribution >= 0.6 is 0 Å². The van der Waals surface area contributed by atoms with Crippen LogP contribution in [0.2, 0.25) is 0 Å². The van der Waals surface area contributed by atoms with Crippen LogP contribution in [-0.4, -0.2) is 103 Å². The van der Waals surface area contributed by atoms with E-state index in [2.05, 4.69) is 0 Å². The van der Waals surface area contributed by atoms with Crippen LogP contribution in [0.15, 0.2) is 21.4 Å². The molecule has 0 aliphatic rings. The zero-order valence-corrected chi connectivity index (χ0v) is 15.9. The third kappa shape index (κ3) is 1170. The van der Waals surface area contributed by atoms with E-state index in [0.717, 1.165) is 21.4 Å². The fourth-order valence-corrected chi connectivity index (χ4v) is 0. The molecule has 0 fully saturated rings. The van der Waals surface area contributed by atoms with E-state index < -0.39 is 0 Å². The molecular formula is K2N4O8Pt. The van der Waals surface area contributed by atoms with E-state index in [4.69, 9.17) is 40.5 Å². The van der Waals surface area contributed by atoms with Crippen molar-refractivity contribution in [3.63, 3.8) is 0 Å². The molecule has 0 bridgehead atoms. The summed E-state index contributed by atoms with van der Waals surface area (Å²) in [6.45, 7) is 0. The number of hydrogen-bond donors (Lipinski definition) is 0. The van der Waals surface area contributed by atoms with Gasteiger partial charge in [0.2, 0.25) is 21.4 Å². The molecule has 0 spiro atoms. The first-order valence-electron chi connectivity index (χ1n) is 1.46. The summed E-state index contributed by atoms with van der Waals surface area (Å²) in [6.07, 6.45) is 0. The Kier molecular flexibility index (Phi) is 312. The Morgan fingerprint density at radius 1 is 0.467 bits per heavy atom. The zero-order chi connectivity index (χ0) is 10.8. The maximum Gasteiger partial charge on any atom is 0.204 e. The van der Waals surface area contributed by atoms with E-state index in [1.807, 2.05) is 0 Å². The van der Waals surface area contributed by atoms with Crippen molar-refractivity contribution in [3.8, 4) is 0 Å². The van der Waals surface area contributed by atoms with Gasteiger partial charge in [0.25, 0.3) is 0 Å². The van der Waals surface area contributed by atoms with E-state index in [1.54, 1.807) is 0 Å². The molecule has 0 amide bonds. The maximum absolute atomic E-state index is 8.00. The van der Waals surface area contributed by atoms with Gasteiger partial charge in [0, 0.05) is 124 Å². The van der Waals surface area contributed by atoms with E-state index in [9.17, 15) is 0 Å². The van der Waals surface area contributed by atoms with Crippen molar-refractivity contribution in [2.45, 2.75) is 0 Å². The fourth-order valence-electron chi connectivity index (χ4n) is 0. The minimum Gasteiger partial charge on any atom is -0.102 e. The topological polar surface area (TPSA) is 197 Å². The molecule has 0 aliphatic carbocycles. The smallest absolute Gasteiger partial charge is 0.102 e. The number of rotatable bonds is 0. The second-order valence-corrected chi connectivity index (χ2v) is 0.298. The number of nitrogens with zero attached hydrogens (tertiary/aromatic N) is 4. The standard InChI is InChI=1S/2K.4NO2.Pt/c;;4*2-1-3;. The van der Waals surface area contributed by atoms with Gasteiger partial charge in [-0.3, -0.25) is 0 Å². The summed E-state index contributed by atoms with van der Waals surface area (Å²) in [5, 5.41) is 36.0. The molecule has 15 heteroatoms. The Balaban J connectivity index is -0.0000000107. The van der Waals surface area contributed by atoms with Gasteiger partial charge in [-0.05, 0) is 0 Å². The van der Waals surface area contributed by atoms with Gasteiger partial charge in [0.15, 0.2) is 0 Å². The van der Waals surface area contributed by atoms with Gasteiger partial charge in [0.1, 0.15) is 0 Å². The zero-order valence-electron chi connectivity index (χ0n) is 7.37. The first-order valence-corrected chi connectivity index (χ1v) is 1.46. The normalized spacial score (nSPS) is 3.20. The van der Waals surface area contributed by atoms with Crippen LogP contribution < -0.4 is 0 Å². The second kappa shape index (κ2) is 107.